The van der Waals surface area contributed by atoms with Crippen molar-refractivity contribution >= 4 is 52.6 Å². The molecule has 10 nitrogen and oxygen atoms in total. The van der Waals surface area contributed by atoms with Crippen LogP contribution in [-0.2, 0) is 32.6 Å². The molecular weight excluding hydrogens is 605 g/mol. The molecule has 4 aromatic rings. The number of amides is 2. The molecular formula is C30H28N6O4S3. The van der Waals surface area contributed by atoms with E-state index in [1.165, 1.54) is 39.8 Å². The summed E-state index contributed by atoms with van der Waals surface area (Å²) in [5.41, 5.74) is 2.58. The topological polar surface area (TPSA) is 119 Å². The van der Waals surface area contributed by atoms with Crippen molar-refractivity contribution in [1.29, 1.82) is 0 Å². The maximum atomic E-state index is 14.2. The first-order valence-electron chi connectivity index (χ1n) is 13.6. The van der Waals surface area contributed by atoms with E-state index in [4.69, 9.17) is 4.74 Å². The lowest BCUT2D eigenvalue weighted by atomic mass is 10.00. The molecule has 1 unspecified atom stereocenters. The Balaban J connectivity index is 1.30. The highest BCUT2D eigenvalue weighted by Gasteiger charge is 2.56. The first kappa shape index (κ1) is 29.1. The fourth-order valence-electron chi connectivity index (χ4n) is 5.06. The normalized spacial score (nSPS) is 19.7. The van der Waals surface area contributed by atoms with Crippen molar-refractivity contribution in [2.24, 2.45) is 7.05 Å². The summed E-state index contributed by atoms with van der Waals surface area (Å²) in [6.45, 7) is 2.00. The van der Waals surface area contributed by atoms with E-state index in [0.717, 1.165) is 21.6 Å². The Morgan fingerprint density at radius 1 is 1.05 bits per heavy atom. The monoisotopic (exact) mass is 632 g/mol. The van der Waals surface area contributed by atoms with Crippen LogP contribution in [0.4, 0.5) is 0 Å². The first-order valence-corrected chi connectivity index (χ1v) is 16.4. The average molecular weight is 633 g/mol. The van der Waals surface area contributed by atoms with E-state index >= 15 is 0 Å². The number of carbonyl (C=O) groups is 3. The molecule has 0 radical (unpaired) electrons. The van der Waals surface area contributed by atoms with E-state index in [9.17, 15) is 14.4 Å². The van der Waals surface area contributed by atoms with Gasteiger partial charge in [-0.25, -0.2) is 9.48 Å². The Hall–Kier alpha value is -3.94. The van der Waals surface area contributed by atoms with Crippen LogP contribution in [0.3, 0.4) is 0 Å². The largest absolute Gasteiger partial charge is 0.448 e. The molecule has 4 heterocycles. The number of fused-ring (bicyclic) bond motifs is 1. The van der Waals surface area contributed by atoms with Gasteiger partial charge >= 0.3 is 5.97 Å². The summed E-state index contributed by atoms with van der Waals surface area (Å²) in [5, 5.41) is 16.5. The Bertz CT molecular complexity index is 1610. The standard InChI is InChI=1S/C30H28N6O4S3/c1-18-22(17-42-30-32-33-34-35(30)2)25(29(39)40-26(19-10-5-3-6-11-19)20-12-7-4-8-13-20)36-27(38)24(28(36)43-18)31-23(37)16-21-14-9-15-41-21/h3-15,18,24,26,28H,16-17H2,1-2H3,(H,31,37)/t18-,24?,28+/m1/s1. The molecule has 2 amide bonds. The number of carbonyl (C=O) groups excluding carboxylic acids is 3. The number of tetrazole rings is 1. The maximum Gasteiger partial charge on any atom is 0.356 e. The van der Waals surface area contributed by atoms with E-state index in [0.29, 0.717) is 10.9 Å². The van der Waals surface area contributed by atoms with Crippen molar-refractivity contribution in [3.8, 4) is 0 Å². The molecule has 2 aliphatic heterocycles. The number of hydrogen-bond donors (Lipinski definition) is 1. The van der Waals surface area contributed by atoms with Gasteiger partial charge in [-0.1, -0.05) is 78.5 Å². The zero-order valence-electron chi connectivity index (χ0n) is 23.3. The molecule has 2 aromatic heterocycles. The molecule has 220 valence electrons. The van der Waals surface area contributed by atoms with Gasteiger partial charge in [-0.2, -0.15) is 0 Å². The molecule has 13 heteroatoms. The lowest BCUT2D eigenvalue weighted by Gasteiger charge is -2.51. The highest BCUT2D eigenvalue weighted by Crippen LogP contribution is 2.46. The molecule has 43 heavy (non-hydrogen) atoms. The zero-order chi connectivity index (χ0) is 29.9. The summed E-state index contributed by atoms with van der Waals surface area (Å²) in [5.74, 6) is -0.792. The number of thioether (sulfide) groups is 2. The third-order valence-corrected chi connectivity index (χ3v) is 10.6. The van der Waals surface area contributed by atoms with Gasteiger partial charge < -0.3 is 10.1 Å². The molecule has 3 atom stereocenters. The molecule has 0 bridgehead atoms. The van der Waals surface area contributed by atoms with Crippen LogP contribution in [0, 0.1) is 0 Å². The first-order chi connectivity index (χ1) is 20.9. The minimum absolute atomic E-state index is 0.144. The Kier molecular flexibility index (Phi) is 8.63. The Morgan fingerprint density at radius 3 is 2.35 bits per heavy atom. The van der Waals surface area contributed by atoms with Crippen molar-refractivity contribution in [2.45, 2.75) is 41.3 Å². The van der Waals surface area contributed by atoms with Crippen molar-refractivity contribution in [1.82, 2.24) is 30.4 Å². The number of β-lactam (4-membered cyclic amide) rings is 1. The summed E-state index contributed by atoms with van der Waals surface area (Å²) < 4.78 is 7.81. The highest BCUT2D eigenvalue weighted by atomic mass is 32.2. The Labute approximate surface area is 260 Å². The van der Waals surface area contributed by atoms with Gasteiger partial charge in [0.25, 0.3) is 5.91 Å². The number of hydrogen-bond acceptors (Lipinski definition) is 10. The van der Waals surface area contributed by atoms with E-state index in [-0.39, 0.29) is 29.2 Å². The number of esters is 1. The number of aryl methyl sites for hydroxylation is 1. The summed E-state index contributed by atoms with van der Waals surface area (Å²) in [4.78, 5) is 43.0. The van der Waals surface area contributed by atoms with E-state index < -0.39 is 23.5 Å². The molecule has 1 fully saturated rings. The third kappa shape index (κ3) is 6.10. The molecule has 1 N–H and O–H groups in total. The van der Waals surface area contributed by atoms with Gasteiger partial charge in [-0.05, 0) is 45.5 Å². The summed E-state index contributed by atoms with van der Waals surface area (Å²) in [7, 11) is 1.74. The van der Waals surface area contributed by atoms with Crippen molar-refractivity contribution < 1.29 is 19.1 Å². The predicted octanol–water partition coefficient (Wildman–Crippen LogP) is 3.98. The van der Waals surface area contributed by atoms with Gasteiger partial charge in [0.2, 0.25) is 11.1 Å². The van der Waals surface area contributed by atoms with Gasteiger partial charge in [0.15, 0.2) is 6.10 Å². The van der Waals surface area contributed by atoms with E-state index in [1.54, 1.807) is 11.7 Å². The number of nitrogens with one attached hydrogen (secondary N) is 1. The number of nitrogens with zero attached hydrogens (tertiary/aromatic N) is 5. The SMILES string of the molecule is C[C@H]1S[C@H]2C(NC(=O)Cc3cccs3)C(=O)N2C(C(=O)OC(c2ccccc2)c2ccccc2)=C1CSc1nnnn1C. The second kappa shape index (κ2) is 12.7. The van der Waals surface area contributed by atoms with Crippen molar-refractivity contribution in [2.75, 3.05) is 5.75 Å². The summed E-state index contributed by atoms with van der Waals surface area (Å²) >= 11 is 4.41. The fraction of sp³-hybridized carbons (Fsp3) is 0.267. The number of aromatic nitrogens is 4. The smallest absolute Gasteiger partial charge is 0.356 e. The third-order valence-electron chi connectivity index (χ3n) is 7.21. The number of benzene rings is 2. The lowest BCUT2D eigenvalue weighted by molar-refractivity contribution is -0.154. The van der Waals surface area contributed by atoms with Gasteiger partial charge in [0, 0.05) is 22.9 Å². The molecule has 0 saturated carbocycles. The fourth-order valence-corrected chi connectivity index (χ4v) is 8.30. The summed E-state index contributed by atoms with van der Waals surface area (Å²) in [6, 6.07) is 22.1. The molecule has 2 aromatic carbocycles. The highest BCUT2D eigenvalue weighted by molar-refractivity contribution is 8.01. The van der Waals surface area contributed by atoms with Crippen molar-refractivity contribution in [3.63, 3.8) is 0 Å². The van der Waals surface area contributed by atoms with Crippen LogP contribution in [0.15, 0.2) is 94.6 Å². The lowest BCUT2D eigenvalue weighted by Crippen LogP contribution is -2.71. The minimum Gasteiger partial charge on any atom is -0.448 e. The Morgan fingerprint density at radius 2 is 1.74 bits per heavy atom. The van der Waals surface area contributed by atoms with E-state index in [2.05, 4.69) is 20.8 Å². The van der Waals surface area contributed by atoms with E-state index in [1.807, 2.05) is 85.1 Å². The zero-order valence-corrected chi connectivity index (χ0v) is 25.8. The van der Waals surface area contributed by atoms with Gasteiger partial charge in [0.1, 0.15) is 17.1 Å². The van der Waals surface area contributed by atoms with Gasteiger partial charge in [-0.15, -0.1) is 28.2 Å². The van der Waals surface area contributed by atoms with Crippen LogP contribution < -0.4 is 5.32 Å². The molecule has 0 aliphatic carbocycles. The maximum absolute atomic E-state index is 14.2. The van der Waals surface area contributed by atoms with Crippen LogP contribution in [0.5, 0.6) is 0 Å². The van der Waals surface area contributed by atoms with Gasteiger partial charge in [0.05, 0.1) is 6.42 Å². The van der Waals surface area contributed by atoms with Crippen LogP contribution >= 0.6 is 34.9 Å². The van der Waals surface area contributed by atoms with Crippen LogP contribution in [0.2, 0.25) is 0 Å². The van der Waals surface area contributed by atoms with Crippen molar-refractivity contribution in [3.05, 3.63) is 105 Å². The second-order valence-corrected chi connectivity index (χ2v) is 13.5. The molecule has 6 rings (SSSR count). The minimum atomic E-state index is -0.737. The van der Waals surface area contributed by atoms with Crippen LogP contribution in [0.1, 0.15) is 29.0 Å². The molecule has 2 aliphatic rings. The summed E-state index contributed by atoms with van der Waals surface area (Å²) in [6.07, 6.45) is -0.483. The predicted molar refractivity (Wildman–Crippen MR) is 165 cm³/mol. The number of rotatable bonds is 10. The molecule has 1 saturated heterocycles. The second-order valence-electron chi connectivity index (χ2n) is 10.0. The van der Waals surface area contributed by atoms with Crippen LogP contribution in [0.25, 0.3) is 0 Å². The van der Waals surface area contributed by atoms with Crippen LogP contribution in [-0.4, -0.2) is 65.3 Å². The molecule has 0 spiro atoms. The van der Waals surface area contributed by atoms with Gasteiger partial charge in [-0.3, -0.25) is 14.5 Å². The average Bonchev–Trinajstić information content (AvgIpc) is 3.69. The number of ether oxygens (including phenoxy) is 1. The quantitative estimate of drug-likeness (QED) is 0.157. The number of thiophene rings is 1.